The van der Waals surface area contributed by atoms with Crippen LogP contribution in [0, 0.1) is 0 Å². The van der Waals surface area contributed by atoms with Gasteiger partial charge in [-0.2, -0.15) is 4.21 Å². The van der Waals surface area contributed by atoms with Crippen molar-refractivity contribution in [1.82, 2.24) is 0 Å². The van der Waals surface area contributed by atoms with Gasteiger partial charge < -0.3 is 1.43 Å². The summed E-state index contributed by atoms with van der Waals surface area (Å²) in [6.07, 6.45) is 1.75. The van der Waals surface area contributed by atoms with Crippen LogP contribution in [0.5, 0.6) is 0 Å². The fraction of sp³-hybridized carbons (Fsp3) is 0.333. The van der Waals surface area contributed by atoms with Gasteiger partial charge in [-0.05, 0) is 6.92 Å². The summed E-state index contributed by atoms with van der Waals surface area (Å²) in [6.45, 7) is 5.25. The summed E-state index contributed by atoms with van der Waals surface area (Å²) < 4.78 is 22.8. The molecule has 5 heteroatoms. The van der Waals surface area contributed by atoms with Crippen LogP contribution >= 0.6 is 0 Å². The first kappa shape index (κ1) is 15.8. The van der Waals surface area contributed by atoms with E-state index in [1.165, 1.54) is 0 Å². The Kier molecular flexibility index (Phi) is 30.9. The van der Waals surface area contributed by atoms with Crippen molar-refractivity contribution >= 4 is 11.4 Å². The molecule has 3 nitrogen and oxygen atoms in total. The van der Waals surface area contributed by atoms with Crippen molar-refractivity contribution in [2.75, 3.05) is 0 Å². The van der Waals surface area contributed by atoms with Gasteiger partial charge in [0.25, 0.3) is 11.4 Å². The largest absolute Gasteiger partial charge is 1.00 e. The molecule has 0 heterocycles. The van der Waals surface area contributed by atoms with Crippen LogP contribution in [-0.4, -0.2) is 13.3 Å². The molecule has 0 radical (unpaired) electrons. The van der Waals surface area contributed by atoms with Crippen LogP contribution < -0.4 is 18.9 Å². The summed E-state index contributed by atoms with van der Waals surface area (Å²) in [6, 6.07) is 0. The van der Waals surface area contributed by atoms with Crippen LogP contribution in [0.2, 0.25) is 0 Å². The maximum atomic E-state index is 8.67. The standard InChI is InChI=1S/C3H6.Li.H2O3S.H/c1-3-2;;1-4(2)3;/h3H,1H2,2H3;;(H2,1,2,3);/q;+1;;-1. The first-order chi connectivity index (χ1) is 3.15. The van der Waals surface area contributed by atoms with Crippen LogP contribution in [0.25, 0.3) is 0 Å². The Morgan fingerprint density at radius 2 is 1.75 bits per heavy atom. The zero-order chi connectivity index (χ0) is 6.28. The molecule has 0 aromatic carbocycles. The molecule has 0 spiro atoms. The summed E-state index contributed by atoms with van der Waals surface area (Å²) in [5.41, 5.74) is 0. The molecule has 0 fully saturated rings. The van der Waals surface area contributed by atoms with Gasteiger partial charge in [0.15, 0.2) is 0 Å². The molecule has 0 saturated carbocycles. The molecule has 46 valence electrons. The van der Waals surface area contributed by atoms with E-state index in [0.29, 0.717) is 0 Å². The van der Waals surface area contributed by atoms with Crippen molar-refractivity contribution in [3.05, 3.63) is 12.7 Å². The number of rotatable bonds is 0. The van der Waals surface area contributed by atoms with Crippen LogP contribution in [0.15, 0.2) is 12.7 Å². The van der Waals surface area contributed by atoms with Gasteiger partial charge in [0.1, 0.15) is 0 Å². The average molecular weight is 132 g/mol. The normalized spacial score (nSPS) is 6.00. The van der Waals surface area contributed by atoms with Gasteiger partial charge in [-0.25, -0.2) is 0 Å². The van der Waals surface area contributed by atoms with E-state index in [1.54, 1.807) is 6.08 Å². The first-order valence-corrected chi connectivity index (χ1v) is 2.58. The number of allylic oxidation sites excluding steroid dienone is 1. The first-order valence-electron chi connectivity index (χ1n) is 1.52. The van der Waals surface area contributed by atoms with Gasteiger partial charge in [0.05, 0.1) is 0 Å². The molecule has 0 aromatic heterocycles. The van der Waals surface area contributed by atoms with Gasteiger partial charge in [0, 0.05) is 0 Å². The smallest absolute Gasteiger partial charge is 1.00 e. The molecule has 2 N–H and O–H groups in total. The summed E-state index contributed by atoms with van der Waals surface area (Å²) in [5.74, 6) is 0. The SMILES string of the molecule is C=CC.O=S(O)O.[H-].[Li+]. The summed E-state index contributed by atoms with van der Waals surface area (Å²) in [4.78, 5) is 0. The molecule has 0 aliphatic heterocycles. The van der Waals surface area contributed by atoms with E-state index in [9.17, 15) is 0 Å². The van der Waals surface area contributed by atoms with E-state index in [1.807, 2.05) is 6.92 Å². The quantitative estimate of drug-likeness (QED) is 0.227. The molecule has 0 aromatic rings. The van der Waals surface area contributed by atoms with Crippen molar-refractivity contribution in [3.8, 4) is 0 Å². The van der Waals surface area contributed by atoms with Gasteiger partial charge in [0.2, 0.25) is 0 Å². The molecule has 0 amide bonds. The van der Waals surface area contributed by atoms with Gasteiger partial charge >= 0.3 is 18.9 Å². The molecule has 0 atom stereocenters. The van der Waals surface area contributed by atoms with Crippen LogP contribution in [0.3, 0.4) is 0 Å². The summed E-state index contributed by atoms with van der Waals surface area (Å²) >= 11 is -2.61. The number of hydrogen-bond donors (Lipinski definition) is 2. The number of hydrogen-bond acceptors (Lipinski definition) is 1. The Balaban J connectivity index is -0.0000000233. The third-order valence-electron chi connectivity index (χ3n) is 0. The topological polar surface area (TPSA) is 57.5 Å². The van der Waals surface area contributed by atoms with Gasteiger partial charge in [-0.15, -0.1) is 6.58 Å². The minimum atomic E-state index is -2.61. The zero-order valence-electron chi connectivity index (χ0n) is 6.00. The van der Waals surface area contributed by atoms with E-state index in [-0.39, 0.29) is 20.3 Å². The third kappa shape index (κ3) is 1130. The van der Waals surface area contributed by atoms with Crippen molar-refractivity contribution in [2.45, 2.75) is 6.92 Å². The fourth-order valence-corrected chi connectivity index (χ4v) is 0. The van der Waals surface area contributed by atoms with E-state index in [4.69, 9.17) is 13.3 Å². The predicted octanol–water partition coefficient (Wildman–Crippen LogP) is -2.01. The fourth-order valence-electron chi connectivity index (χ4n) is 0. The molecule has 0 rings (SSSR count). The molecule has 8 heavy (non-hydrogen) atoms. The van der Waals surface area contributed by atoms with Crippen molar-refractivity contribution in [3.63, 3.8) is 0 Å². The third-order valence-corrected chi connectivity index (χ3v) is 0. The van der Waals surface area contributed by atoms with Crippen LogP contribution in [-0.2, 0) is 11.4 Å². The molecule has 0 bridgehead atoms. The van der Waals surface area contributed by atoms with Gasteiger partial charge in [-0.1, -0.05) is 6.08 Å². The molecule has 0 saturated heterocycles. The molecule has 0 unspecified atom stereocenters. The van der Waals surface area contributed by atoms with Crippen molar-refractivity contribution < 1.29 is 33.6 Å². The second-order valence-electron chi connectivity index (χ2n) is 0.639. The average Bonchev–Trinajstić information content (AvgIpc) is 1.33. The zero-order valence-corrected chi connectivity index (χ0v) is 5.81. The minimum absolute atomic E-state index is 0. The Hall–Kier alpha value is 0.407. The predicted molar refractivity (Wildman–Crippen MR) is 30.4 cm³/mol. The summed E-state index contributed by atoms with van der Waals surface area (Å²) in [7, 11) is 0. The van der Waals surface area contributed by atoms with Crippen molar-refractivity contribution in [2.24, 2.45) is 0 Å². The Morgan fingerprint density at radius 3 is 1.75 bits per heavy atom. The maximum absolute atomic E-state index is 8.67. The maximum Gasteiger partial charge on any atom is 1.00 e. The Labute approximate surface area is 64.9 Å². The van der Waals surface area contributed by atoms with Gasteiger partial charge in [-0.3, -0.25) is 9.11 Å². The van der Waals surface area contributed by atoms with E-state index >= 15 is 0 Å². The second kappa shape index (κ2) is 15.7. The van der Waals surface area contributed by atoms with E-state index in [0.717, 1.165) is 0 Å². The van der Waals surface area contributed by atoms with Crippen LogP contribution in [0.1, 0.15) is 8.35 Å². The monoisotopic (exact) mass is 132 g/mol. The molecular formula is C3H9LiO3S. The van der Waals surface area contributed by atoms with Crippen molar-refractivity contribution in [1.29, 1.82) is 0 Å². The Morgan fingerprint density at radius 1 is 1.75 bits per heavy atom. The minimum Gasteiger partial charge on any atom is -1.00 e. The summed E-state index contributed by atoms with van der Waals surface area (Å²) in [5, 5.41) is 0. The van der Waals surface area contributed by atoms with E-state index < -0.39 is 11.4 Å². The molecule has 0 aliphatic carbocycles. The van der Waals surface area contributed by atoms with E-state index in [2.05, 4.69) is 6.58 Å². The second-order valence-corrected chi connectivity index (χ2v) is 1.10. The molecule has 0 aliphatic rings. The van der Waals surface area contributed by atoms with Crippen LogP contribution in [0.4, 0.5) is 0 Å². The Bertz CT molecular complexity index is 66.1. The molecular weight excluding hydrogens is 123 g/mol.